The number of hydrogen-bond donors (Lipinski definition) is 0. The van der Waals surface area contributed by atoms with Gasteiger partial charge in [0.15, 0.2) is 6.29 Å². The number of allylic oxidation sites excluding steroid dienone is 2. The molecular weight excluding hydrogens is 242 g/mol. The first-order chi connectivity index (χ1) is 9.12. The van der Waals surface area contributed by atoms with Crippen LogP contribution in [-0.4, -0.2) is 23.4 Å². The molecule has 4 heteroatoms. The Morgan fingerprint density at radius 3 is 2.53 bits per heavy atom. The lowest BCUT2D eigenvalue weighted by molar-refractivity contribution is 0.0512. The van der Waals surface area contributed by atoms with E-state index in [0.29, 0.717) is 24.4 Å². The number of hydrogen-bond acceptors (Lipinski definition) is 3. The van der Waals surface area contributed by atoms with Crippen LogP contribution in [0, 0.1) is 6.92 Å². The molecule has 104 valence electrons. The van der Waals surface area contributed by atoms with E-state index < -0.39 is 5.97 Å². The minimum atomic E-state index is -0.433. The Hall–Kier alpha value is -1.84. The zero-order chi connectivity index (χ0) is 14.4. The van der Waals surface area contributed by atoms with E-state index in [9.17, 15) is 9.59 Å². The maximum atomic E-state index is 12.1. The monoisotopic (exact) mass is 263 g/mol. The number of aromatic nitrogens is 1. The van der Waals surface area contributed by atoms with Gasteiger partial charge in [-0.2, -0.15) is 0 Å². The van der Waals surface area contributed by atoms with Gasteiger partial charge in [-0.15, -0.1) is 0 Å². The third kappa shape index (κ3) is 2.95. The van der Waals surface area contributed by atoms with E-state index >= 15 is 0 Å². The maximum Gasteiger partial charge on any atom is 0.355 e. The van der Waals surface area contributed by atoms with E-state index in [2.05, 4.69) is 0 Å². The van der Waals surface area contributed by atoms with E-state index in [0.717, 1.165) is 24.0 Å². The quantitative estimate of drug-likeness (QED) is 0.450. The molecule has 0 aromatic carbocycles. The van der Waals surface area contributed by atoms with Gasteiger partial charge in [-0.25, -0.2) is 4.79 Å². The highest BCUT2D eigenvalue weighted by Gasteiger charge is 2.24. The highest BCUT2D eigenvalue weighted by Crippen LogP contribution is 2.23. The highest BCUT2D eigenvalue weighted by atomic mass is 16.5. The molecular formula is C15H21NO3. The zero-order valence-electron chi connectivity index (χ0n) is 12.0. The van der Waals surface area contributed by atoms with Crippen molar-refractivity contribution in [2.24, 2.45) is 0 Å². The normalized spacial score (nSPS) is 10.9. The van der Waals surface area contributed by atoms with Crippen molar-refractivity contribution in [1.29, 1.82) is 0 Å². The van der Waals surface area contributed by atoms with Crippen molar-refractivity contribution in [2.45, 2.75) is 40.7 Å². The molecule has 0 saturated heterocycles. The summed E-state index contributed by atoms with van der Waals surface area (Å²) in [4.78, 5) is 23.4. The molecule has 1 aromatic heterocycles. The van der Waals surface area contributed by atoms with Crippen LogP contribution in [0.25, 0.3) is 0 Å². The second-order valence-corrected chi connectivity index (χ2v) is 4.20. The van der Waals surface area contributed by atoms with Gasteiger partial charge < -0.3 is 9.30 Å². The second kappa shape index (κ2) is 6.92. The van der Waals surface area contributed by atoms with Gasteiger partial charge >= 0.3 is 5.97 Å². The molecule has 0 aliphatic heterocycles. The highest BCUT2D eigenvalue weighted by molar-refractivity contribution is 5.98. The molecule has 0 radical (unpaired) electrons. The first-order valence-electron chi connectivity index (χ1n) is 6.57. The smallest absolute Gasteiger partial charge is 0.355 e. The van der Waals surface area contributed by atoms with Crippen LogP contribution in [0.4, 0.5) is 0 Å². The molecule has 0 bridgehead atoms. The van der Waals surface area contributed by atoms with E-state index in [1.54, 1.807) is 6.92 Å². The lowest BCUT2D eigenvalue weighted by Crippen LogP contribution is -2.14. The van der Waals surface area contributed by atoms with Crippen LogP contribution >= 0.6 is 0 Å². The first kappa shape index (κ1) is 15.2. The largest absolute Gasteiger partial charge is 0.461 e. The van der Waals surface area contributed by atoms with Crippen molar-refractivity contribution < 1.29 is 14.3 Å². The molecule has 0 spiro atoms. The average Bonchev–Trinajstić information content (AvgIpc) is 2.68. The van der Waals surface area contributed by atoms with E-state index in [1.807, 2.05) is 37.5 Å². The number of carbonyl (C=O) groups excluding carboxylic acids is 2. The number of nitrogens with zero attached hydrogens (tertiary/aromatic N) is 1. The fraction of sp³-hybridized carbons (Fsp3) is 0.467. The van der Waals surface area contributed by atoms with Crippen molar-refractivity contribution in [3.8, 4) is 0 Å². The summed E-state index contributed by atoms with van der Waals surface area (Å²) >= 11 is 0. The van der Waals surface area contributed by atoms with Crippen LogP contribution in [0.3, 0.4) is 0 Å². The molecule has 0 saturated carbocycles. The van der Waals surface area contributed by atoms with Gasteiger partial charge in [0.1, 0.15) is 5.69 Å². The molecule has 4 nitrogen and oxygen atoms in total. The van der Waals surface area contributed by atoms with Crippen LogP contribution in [0.2, 0.25) is 0 Å². The Bertz CT molecular complexity index is 498. The summed E-state index contributed by atoms with van der Waals surface area (Å²) in [6.07, 6.45) is 5.34. The maximum absolute atomic E-state index is 12.1. The van der Waals surface area contributed by atoms with Gasteiger partial charge in [-0.1, -0.05) is 19.1 Å². The molecule has 19 heavy (non-hydrogen) atoms. The summed E-state index contributed by atoms with van der Waals surface area (Å²) in [6, 6.07) is 0. The Kier molecular flexibility index (Phi) is 5.55. The number of ether oxygens (including phenoxy) is 1. The molecule has 0 aliphatic rings. The summed E-state index contributed by atoms with van der Waals surface area (Å²) in [6.45, 7) is 8.45. The van der Waals surface area contributed by atoms with Crippen molar-refractivity contribution in [3.63, 3.8) is 0 Å². The van der Waals surface area contributed by atoms with Crippen LogP contribution in [0.15, 0.2) is 12.2 Å². The second-order valence-electron chi connectivity index (χ2n) is 4.20. The number of esters is 1. The molecule has 0 fully saturated rings. The Labute approximate surface area is 114 Å². The predicted octanol–water partition coefficient (Wildman–Crippen LogP) is 2.92. The molecule has 1 aromatic rings. The standard InChI is InChI=1S/C15H21NO3/c1-5-8-9-16-11(4)12(6-2)13(10-17)14(16)15(18)19-7-3/h5,8,10H,6-7,9H2,1-4H3/b8-5+. The van der Waals surface area contributed by atoms with Crippen LogP contribution in [-0.2, 0) is 17.7 Å². The number of rotatable bonds is 6. The van der Waals surface area contributed by atoms with Gasteiger partial charge in [0.05, 0.1) is 12.2 Å². The van der Waals surface area contributed by atoms with Crippen molar-refractivity contribution in [3.05, 3.63) is 34.7 Å². The van der Waals surface area contributed by atoms with Crippen molar-refractivity contribution >= 4 is 12.3 Å². The Morgan fingerprint density at radius 1 is 1.37 bits per heavy atom. The summed E-state index contributed by atoms with van der Waals surface area (Å²) in [5.41, 5.74) is 2.69. The van der Waals surface area contributed by atoms with E-state index in [4.69, 9.17) is 4.74 Å². The topological polar surface area (TPSA) is 48.3 Å². The number of aldehydes is 1. The molecule has 1 heterocycles. The van der Waals surface area contributed by atoms with Crippen molar-refractivity contribution in [1.82, 2.24) is 4.57 Å². The molecule has 0 aliphatic carbocycles. The molecule has 1 rings (SSSR count). The first-order valence-corrected chi connectivity index (χ1v) is 6.57. The van der Waals surface area contributed by atoms with Gasteiger partial charge in [-0.3, -0.25) is 4.79 Å². The molecule has 0 amide bonds. The summed E-state index contributed by atoms with van der Waals surface area (Å²) in [5.74, 6) is -0.433. The predicted molar refractivity (Wildman–Crippen MR) is 74.7 cm³/mol. The van der Waals surface area contributed by atoms with E-state index in [-0.39, 0.29) is 0 Å². The Balaban J connectivity index is 3.44. The number of carbonyl (C=O) groups is 2. The lowest BCUT2D eigenvalue weighted by Gasteiger charge is -2.09. The molecule has 0 unspecified atom stereocenters. The van der Waals surface area contributed by atoms with Crippen molar-refractivity contribution in [2.75, 3.05) is 6.61 Å². The zero-order valence-corrected chi connectivity index (χ0v) is 12.0. The molecule has 0 atom stereocenters. The van der Waals surface area contributed by atoms with Gasteiger partial charge in [0.25, 0.3) is 0 Å². The van der Waals surface area contributed by atoms with Gasteiger partial charge in [0.2, 0.25) is 0 Å². The average molecular weight is 263 g/mol. The minimum absolute atomic E-state index is 0.298. The third-order valence-electron chi connectivity index (χ3n) is 3.16. The van der Waals surface area contributed by atoms with Crippen LogP contribution in [0.5, 0.6) is 0 Å². The van der Waals surface area contributed by atoms with Gasteiger partial charge in [0, 0.05) is 12.2 Å². The van der Waals surface area contributed by atoms with Crippen LogP contribution in [0.1, 0.15) is 52.9 Å². The fourth-order valence-corrected chi connectivity index (χ4v) is 2.25. The summed E-state index contributed by atoms with van der Waals surface area (Å²) in [5, 5.41) is 0. The lowest BCUT2D eigenvalue weighted by atomic mass is 10.1. The minimum Gasteiger partial charge on any atom is -0.461 e. The van der Waals surface area contributed by atoms with Gasteiger partial charge in [-0.05, 0) is 32.8 Å². The summed E-state index contributed by atoms with van der Waals surface area (Å²) in [7, 11) is 0. The fourth-order valence-electron chi connectivity index (χ4n) is 2.25. The van der Waals surface area contributed by atoms with Crippen LogP contribution < -0.4 is 0 Å². The summed E-state index contributed by atoms with van der Waals surface area (Å²) < 4.78 is 6.91. The van der Waals surface area contributed by atoms with E-state index in [1.165, 1.54) is 0 Å². The third-order valence-corrected chi connectivity index (χ3v) is 3.16. The SMILES string of the molecule is C/C=C/Cn1c(C)c(CC)c(C=O)c1C(=O)OCC. The molecule has 0 N–H and O–H groups in total. The Morgan fingerprint density at radius 2 is 2.05 bits per heavy atom.